The molecule has 5 heteroatoms. The van der Waals surface area contributed by atoms with Crippen LogP contribution < -0.4 is 9.47 Å². The van der Waals surface area contributed by atoms with Crippen molar-refractivity contribution in [1.29, 1.82) is 0 Å². The molecule has 0 saturated heterocycles. The average molecular weight is 317 g/mol. The number of carbonyl (C=O) groups is 1. The minimum Gasteiger partial charge on any atom is -0.493 e. The summed E-state index contributed by atoms with van der Waals surface area (Å²) < 4.78 is 11.5. The maximum Gasteiger partial charge on any atom is 0.303 e. The van der Waals surface area contributed by atoms with Crippen molar-refractivity contribution in [2.24, 2.45) is 0 Å². The highest BCUT2D eigenvalue weighted by Gasteiger charge is 2.17. The monoisotopic (exact) mass is 316 g/mol. The number of methoxy groups -OCH3 is 2. The van der Waals surface area contributed by atoms with Crippen molar-refractivity contribution in [1.82, 2.24) is 0 Å². The molecule has 0 aliphatic rings. The molecular formula is C13H17BrO4. The SMILES string of the molecule is CCc1c(CCC(=O)O)cc(Br)c(OC)c1OC. The van der Waals surface area contributed by atoms with E-state index in [2.05, 4.69) is 15.9 Å². The van der Waals surface area contributed by atoms with Crippen molar-refractivity contribution in [3.8, 4) is 11.5 Å². The Morgan fingerprint density at radius 1 is 1.33 bits per heavy atom. The summed E-state index contributed by atoms with van der Waals surface area (Å²) in [6.07, 6.45) is 1.36. The third kappa shape index (κ3) is 3.16. The molecule has 0 unspecified atom stereocenters. The van der Waals surface area contributed by atoms with Crippen molar-refractivity contribution in [2.45, 2.75) is 26.2 Å². The number of ether oxygens (including phenoxy) is 2. The van der Waals surface area contributed by atoms with Crippen molar-refractivity contribution in [3.05, 3.63) is 21.7 Å². The van der Waals surface area contributed by atoms with Crippen LogP contribution in [0.1, 0.15) is 24.5 Å². The van der Waals surface area contributed by atoms with Crippen LogP contribution in [0.5, 0.6) is 11.5 Å². The van der Waals surface area contributed by atoms with Gasteiger partial charge >= 0.3 is 5.97 Å². The van der Waals surface area contributed by atoms with E-state index in [1.54, 1.807) is 14.2 Å². The zero-order valence-electron chi connectivity index (χ0n) is 10.7. The lowest BCUT2D eigenvalue weighted by Crippen LogP contribution is -2.04. The summed E-state index contributed by atoms with van der Waals surface area (Å²) >= 11 is 3.42. The van der Waals surface area contributed by atoms with E-state index in [1.165, 1.54) is 0 Å². The molecule has 1 N–H and O–H groups in total. The van der Waals surface area contributed by atoms with Crippen molar-refractivity contribution in [2.75, 3.05) is 14.2 Å². The minimum absolute atomic E-state index is 0.106. The topological polar surface area (TPSA) is 55.8 Å². The molecule has 0 aliphatic carbocycles. The maximum atomic E-state index is 10.7. The van der Waals surface area contributed by atoms with E-state index in [0.29, 0.717) is 17.9 Å². The lowest BCUT2D eigenvalue weighted by Gasteiger charge is -2.17. The summed E-state index contributed by atoms with van der Waals surface area (Å²) in [7, 11) is 3.17. The zero-order chi connectivity index (χ0) is 13.7. The molecule has 0 atom stereocenters. The van der Waals surface area contributed by atoms with Gasteiger partial charge in [-0.15, -0.1) is 0 Å². The summed E-state index contributed by atoms with van der Waals surface area (Å²) in [5.74, 6) is 0.520. The summed E-state index contributed by atoms with van der Waals surface area (Å²) in [6.45, 7) is 2.01. The highest BCUT2D eigenvalue weighted by molar-refractivity contribution is 9.10. The fourth-order valence-electron chi connectivity index (χ4n) is 1.96. The first-order valence-corrected chi connectivity index (χ1v) is 6.48. The summed E-state index contributed by atoms with van der Waals surface area (Å²) in [5.41, 5.74) is 1.98. The van der Waals surface area contributed by atoms with Crippen LogP contribution in [0.3, 0.4) is 0 Å². The summed E-state index contributed by atoms with van der Waals surface area (Å²) in [4.78, 5) is 10.7. The van der Waals surface area contributed by atoms with E-state index in [0.717, 1.165) is 22.0 Å². The predicted octanol–water partition coefficient (Wildman–Crippen LogP) is 3.05. The number of benzene rings is 1. The minimum atomic E-state index is -0.803. The number of carboxylic acid groups (broad SMARTS) is 1. The van der Waals surface area contributed by atoms with E-state index in [9.17, 15) is 4.79 Å². The molecule has 0 saturated carbocycles. The Labute approximate surface area is 115 Å². The number of carboxylic acids is 1. The molecule has 0 radical (unpaired) electrons. The van der Waals surface area contributed by atoms with Gasteiger partial charge in [-0.1, -0.05) is 6.92 Å². The van der Waals surface area contributed by atoms with Crippen LogP contribution in [-0.4, -0.2) is 25.3 Å². The van der Waals surface area contributed by atoms with Gasteiger partial charge in [-0.2, -0.15) is 0 Å². The van der Waals surface area contributed by atoms with Crippen LogP contribution in [0, 0.1) is 0 Å². The van der Waals surface area contributed by atoms with E-state index in [1.807, 2.05) is 13.0 Å². The highest BCUT2D eigenvalue weighted by Crippen LogP contribution is 2.40. The largest absolute Gasteiger partial charge is 0.493 e. The second kappa shape index (κ2) is 6.64. The van der Waals surface area contributed by atoms with Crippen molar-refractivity contribution < 1.29 is 19.4 Å². The molecule has 0 fully saturated rings. The van der Waals surface area contributed by atoms with Gasteiger partial charge in [0.2, 0.25) is 0 Å². The Kier molecular flexibility index (Phi) is 5.47. The Hall–Kier alpha value is -1.23. The maximum absolute atomic E-state index is 10.7. The first-order valence-electron chi connectivity index (χ1n) is 5.69. The quantitative estimate of drug-likeness (QED) is 0.876. The van der Waals surface area contributed by atoms with Gasteiger partial charge in [0.05, 0.1) is 18.7 Å². The molecule has 0 amide bonds. The van der Waals surface area contributed by atoms with Gasteiger partial charge in [0, 0.05) is 12.0 Å². The normalized spacial score (nSPS) is 10.2. The highest BCUT2D eigenvalue weighted by atomic mass is 79.9. The van der Waals surface area contributed by atoms with Gasteiger partial charge in [0.25, 0.3) is 0 Å². The molecule has 1 aromatic rings. The summed E-state index contributed by atoms with van der Waals surface area (Å²) in [6, 6.07) is 1.91. The fourth-order valence-corrected chi connectivity index (χ4v) is 2.57. The molecule has 0 aromatic heterocycles. The fraction of sp³-hybridized carbons (Fsp3) is 0.462. The Balaban J connectivity index is 3.25. The first-order chi connectivity index (χ1) is 8.54. The van der Waals surface area contributed by atoms with Crippen LogP contribution in [0.4, 0.5) is 0 Å². The molecular weight excluding hydrogens is 300 g/mol. The van der Waals surface area contributed by atoms with Crippen molar-refractivity contribution in [3.63, 3.8) is 0 Å². The molecule has 1 aromatic carbocycles. The van der Waals surface area contributed by atoms with Gasteiger partial charge in [-0.25, -0.2) is 0 Å². The first kappa shape index (κ1) is 14.8. The van der Waals surface area contributed by atoms with Gasteiger partial charge in [-0.05, 0) is 40.4 Å². The molecule has 0 bridgehead atoms. The van der Waals surface area contributed by atoms with Crippen LogP contribution in [0.2, 0.25) is 0 Å². The molecule has 0 heterocycles. The van der Waals surface area contributed by atoms with E-state index >= 15 is 0 Å². The van der Waals surface area contributed by atoms with Gasteiger partial charge in [0.15, 0.2) is 11.5 Å². The summed E-state index contributed by atoms with van der Waals surface area (Å²) in [5, 5.41) is 8.77. The van der Waals surface area contributed by atoms with Crippen LogP contribution in [-0.2, 0) is 17.6 Å². The third-order valence-corrected chi connectivity index (χ3v) is 3.34. The van der Waals surface area contributed by atoms with Crippen LogP contribution >= 0.6 is 15.9 Å². The molecule has 100 valence electrons. The van der Waals surface area contributed by atoms with E-state index < -0.39 is 5.97 Å². The lowest BCUT2D eigenvalue weighted by molar-refractivity contribution is -0.136. The molecule has 4 nitrogen and oxygen atoms in total. The number of hydrogen-bond donors (Lipinski definition) is 1. The smallest absolute Gasteiger partial charge is 0.303 e. The number of aryl methyl sites for hydroxylation is 1. The molecule has 18 heavy (non-hydrogen) atoms. The van der Waals surface area contributed by atoms with Crippen LogP contribution in [0.25, 0.3) is 0 Å². The Bertz CT molecular complexity index is 443. The van der Waals surface area contributed by atoms with E-state index in [4.69, 9.17) is 14.6 Å². The second-order valence-corrected chi connectivity index (χ2v) is 4.66. The van der Waals surface area contributed by atoms with Crippen LogP contribution in [0.15, 0.2) is 10.5 Å². The standard InChI is InChI=1S/C13H17BrO4/c1-4-9-8(5-6-11(15)16)7-10(14)13(18-3)12(9)17-2/h7H,4-6H2,1-3H3,(H,15,16). The van der Waals surface area contributed by atoms with Gasteiger partial charge in [0.1, 0.15) is 0 Å². The number of rotatable bonds is 6. The second-order valence-electron chi connectivity index (χ2n) is 3.81. The number of aliphatic carboxylic acids is 1. The molecule has 0 aliphatic heterocycles. The van der Waals surface area contributed by atoms with Gasteiger partial charge in [-0.3, -0.25) is 4.79 Å². The van der Waals surface area contributed by atoms with Crippen molar-refractivity contribution >= 4 is 21.9 Å². The van der Waals surface area contributed by atoms with Gasteiger partial charge < -0.3 is 14.6 Å². The Morgan fingerprint density at radius 3 is 2.39 bits per heavy atom. The molecule has 1 rings (SSSR count). The molecule has 0 spiro atoms. The predicted molar refractivity (Wildman–Crippen MR) is 72.6 cm³/mol. The number of halogens is 1. The lowest BCUT2D eigenvalue weighted by atomic mass is 9.99. The Morgan fingerprint density at radius 2 is 1.94 bits per heavy atom. The zero-order valence-corrected chi connectivity index (χ0v) is 12.3. The third-order valence-electron chi connectivity index (χ3n) is 2.76. The van der Waals surface area contributed by atoms with E-state index in [-0.39, 0.29) is 6.42 Å². The average Bonchev–Trinajstić information content (AvgIpc) is 2.34. The number of hydrogen-bond acceptors (Lipinski definition) is 3.